The molecule has 55 heavy (non-hydrogen) atoms. The zero-order valence-corrected chi connectivity index (χ0v) is 31.2. The molecule has 2 aliphatic rings. The van der Waals surface area contributed by atoms with Gasteiger partial charge in [0.25, 0.3) is 0 Å². The summed E-state index contributed by atoms with van der Waals surface area (Å²) in [5.41, 5.74) is 15.0. The van der Waals surface area contributed by atoms with Gasteiger partial charge in [0, 0.05) is 13.8 Å². The molecule has 7 heteroatoms. The monoisotopic (exact) mass is 752 g/mol. The predicted octanol–water partition coefficient (Wildman–Crippen LogP) is 11.6. The maximum absolute atomic E-state index is 7.32. The average Bonchev–Trinajstić information content (AvgIpc) is 4.05. The van der Waals surface area contributed by atoms with Crippen LogP contribution >= 0.6 is 0 Å². The molecule has 0 spiro atoms. The molecule has 0 aliphatic carbocycles. The molecule has 0 amide bonds. The fraction of sp³-hybridized carbons (Fsp3) is 0.0417. The first kappa shape index (κ1) is 37.7. The van der Waals surface area contributed by atoms with Crippen molar-refractivity contribution in [2.75, 3.05) is 0 Å². The number of benzene rings is 4. The van der Waals surface area contributed by atoms with Gasteiger partial charge in [-0.05, 0) is 68.8 Å². The molecule has 9 rings (SSSR count). The van der Waals surface area contributed by atoms with Gasteiger partial charge in [-0.3, -0.25) is 0 Å². The van der Waals surface area contributed by atoms with Gasteiger partial charge in [0.15, 0.2) is 0 Å². The van der Waals surface area contributed by atoms with Crippen molar-refractivity contribution in [3.63, 3.8) is 0 Å². The van der Waals surface area contributed by atoms with Gasteiger partial charge in [0.05, 0.1) is 34.9 Å². The largest absolute Gasteiger partial charge is 3.00 e. The van der Waals surface area contributed by atoms with Crippen LogP contribution in [0, 0.1) is 22.7 Å². The van der Waals surface area contributed by atoms with Gasteiger partial charge in [0.1, 0.15) is 0 Å². The second-order valence-corrected chi connectivity index (χ2v) is 12.3. The molecule has 0 fully saturated rings. The fourth-order valence-corrected chi connectivity index (χ4v) is 6.69. The van der Waals surface area contributed by atoms with E-state index in [1.54, 1.807) is 12.1 Å². The van der Waals surface area contributed by atoms with E-state index in [0.29, 0.717) is 0 Å². The minimum Gasteiger partial charge on any atom is -0.657 e. The van der Waals surface area contributed by atoms with E-state index in [-0.39, 0.29) is 16.5 Å². The van der Waals surface area contributed by atoms with Crippen molar-refractivity contribution >= 4 is 46.4 Å². The number of aromatic nitrogens is 4. The molecule has 5 heterocycles. The van der Waals surface area contributed by atoms with Crippen LogP contribution in [0.5, 0.6) is 0 Å². The normalized spacial score (nSPS) is 10.8. The van der Waals surface area contributed by atoms with E-state index < -0.39 is 0 Å². The van der Waals surface area contributed by atoms with E-state index in [1.807, 2.05) is 24.3 Å². The minimum absolute atomic E-state index is 0. The Morgan fingerprint density at radius 2 is 0.564 bits per heavy atom. The van der Waals surface area contributed by atoms with E-state index in [4.69, 9.17) is 30.5 Å². The SMILES string of the molecule is C1=Cc2nc1c(-c1ccccc1)c1ccc([n-]1)c(-c1ccccc1)c1nc(c(-c3ccccc3)c3ccc([n-]3)c2-c2ccccc2)C=C1.CC#N.CC#N.[Ni+3]. The summed E-state index contributed by atoms with van der Waals surface area (Å²) in [4.78, 5) is 21.2. The van der Waals surface area contributed by atoms with E-state index in [1.165, 1.54) is 13.8 Å². The number of nitriles is 2. The van der Waals surface area contributed by atoms with Gasteiger partial charge in [-0.1, -0.05) is 146 Å². The molecule has 265 valence electrons. The molecule has 0 unspecified atom stereocenters. The maximum atomic E-state index is 7.32. The number of nitrogens with zero attached hydrogens (tertiary/aromatic N) is 6. The Morgan fingerprint density at radius 3 is 0.764 bits per heavy atom. The molecule has 1 radical (unpaired) electrons. The third kappa shape index (κ3) is 7.99. The molecule has 3 aromatic heterocycles. The Hall–Kier alpha value is -7.05. The summed E-state index contributed by atoms with van der Waals surface area (Å²) in [5, 5.41) is 14.6. The Bertz CT molecular complexity index is 2370. The summed E-state index contributed by atoms with van der Waals surface area (Å²) >= 11 is 0. The molecule has 8 bridgehead atoms. The first-order chi connectivity index (χ1) is 26.6. The predicted molar refractivity (Wildman–Crippen MR) is 221 cm³/mol. The average molecular weight is 754 g/mol. The minimum atomic E-state index is 0. The van der Waals surface area contributed by atoms with Crippen molar-refractivity contribution in [2.24, 2.45) is 0 Å². The molecule has 4 aromatic carbocycles. The third-order valence-electron chi connectivity index (χ3n) is 8.86. The summed E-state index contributed by atoms with van der Waals surface area (Å²) in [7, 11) is 0. The van der Waals surface area contributed by atoms with Crippen LogP contribution in [0.1, 0.15) is 36.6 Å². The fourth-order valence-electron chi connectivity index (χ4n) is 6.69. The third-order valence-corrected chi connectivity index (χ3v) is 8.86. The van der Waals surface area contributed by atoms with Crippen LogP contribution in [0.25, 0.3) is 90.9 Å². The van der Waals surface area contributed by atoms with Gasteiger partial charge < -0.3 is 9.97 Å². The zero-order chi connectivity index (χ0) is 37.3. The summed E-state index contributed by atoms with van der Waals surface area (Å²) in [6, 6.07) is 53.5. The number of rotatable bonds is 4. The molecule has 0 saturated carbocycles. The maximum Gasteiger partial charge on any atom is 3.00 e. The molecule has 0 atom stereocenters. The summed E-state index contributed by atoms with van der Waals surface area (Å²) in [6.07, 6.45) is 8.41. The molecular weight excluding hydrogens is 719 g/mol. The van der Waals surface area contributed by atoms with E-state index in [0.717, 1.165) is 89.4 Å². The quantitative estimate of drug-likeness (QED) is 0.166. The smallest absolute Gasteiger partial charge is 0.657 e. The second-order valence-electron chi connectivity index (χ2n) is 12.3. The van der Waals surface area contributed by atoms with Crippen LogP contribution < -0.4 is 9.97 Å². The molecule has 0 saturated heterocycles. The second kappa shape index (κ2) is 17.6. The van der Waals surface area contributed by atoms with E-state index in [2.05, 4.69) is 146 Å². The first-order valence-electron chi connectivity index (χ1n) is 17.5. The van der Waals surface area contributed by atoms with Crippen molar-refractivity contribution in [3.8, 4) is 56.6 Å². The van der Waals surface area contributed by atoms with Gasteiger partial charge >= 0.3 is 16.5 Å². The van der Waals surface area contributed by atoms with Crippen molar-refractivity contribution < 1.29 is 16.5 Å². The van der Waals surface area contributed by atoms with Crippen LogP contribution in [-0.4, -0.2) is 9.97 Å². The van der Waals surface area contributed by atoms with E-state index in [9.17, 15) is 0 Å². The summed E-state index contributed by atoms with van der Waals surface area (Å²) in [5.74, 6) is 0. The van der Waals surface area contributed by atoms with Crippen LogP contribution in [-0.2, 0) is 16.5 Å². The van der Waals surface area contributed by atoms with Crippen LogP contribution in [0.2, 0.25) is 0 Å². The molecule has 6 nitrogen and oxygen atoms in total. The van der Waals surface area contributed by atoms with Crippen molar-refractivity contribution in [3.05, 3.63) is 168 Å². The van der Waals surface area contributed by atoms with Gasteiger partial charge in [-0.25, -0.2) is 9.97 Å². The Kier molecular flexibility index (Phi) is 12.1. The van der Waals surface area contributed by atoms with Crippen LogP contribution in [0.4, 0.5) is 0 Å². The molecule has 2 aliphatic heterocycles. The Morgan fingerprint density at radius 1 is 0.364 bits per heavy atom. The Labute approximate surface area is 330 Å². The van der Waals surface area contributed by atoms with Gasteiger partial charge in [0.2, 0.25) is 0 Å². The summed E-state index contributed by atoms with van der Waals surface area (Å²) < 4.78 is 0. The van der Waals surface area contributed by atoms with Gasteiger partial charge in [-0.2, -0.15) is 10.5 Å². The molecule has 7 aromatic rings. The molecule has 0 N–H and O–H groups in total. The standard InChI is InChI=1S/C44H28N4.2C2H3N.Ni/c1-5-13-29(14-6-1)41-33-21-23-35(45-33)42(30-15-7-2-8-16-30)37-25-27-39(47-37)44(32-19-11-4-12-20-32)40-28-26-38(48-40)43(31-17-9-3-10-18-31)36-24-22-34(41)46-36;2*1-2-3;/h1-28H;2*1H3;/q-2;;;+3. The van der Waals surface area contributed by atoms with Crippen molar-refractivity contribution in [2.45, 2.75) is 13.8 Å². The topological polar surface area (TPSA) is 102 Å². The number of hydrogen-bond donors (Lipinski definition) is 0. The summed E-state index contributed by atoms with van der Waals surface area (Å²) in [6.45, 7) is 2.86. The van der Waals surface area contributed by atoms with Crippen molar-refractivity contribution in [1.29, 1.82) is 10.5 Å². The van der Waals surface area contributed by atoms with Crippen LogP contribution in [0.15, 0.2) is 146 Å². The Balaban J connectivity index is 0.000000692. The zero-order valence-electron chi connectivity index (χ0n) is 30.2. The number of fused-ring (bicyclic) bond motifs is 8. The molecular formula is C48H34N6Ni+. The van der Waals surface area contributed by atoms with Crippen LogP contribution in [0.3, 0.4) is 0 Å². The van der Waals surface area contributed by atoms with E-state index >= 15 is 0 Å². The van der Waals surface area contributed by atoms with Gasteiger partial charge in [-0.15, -0.1) is 22.1 Å². The number of hydrogen-bond acceptors (Lipinski definition) is 4. The first-order valence-corrected chi connectivity index (χ1v) is 17.5. The van der Waals surface area contributed by atoms with Crippen molar-refractivity contribution in [1.82, 2.24) is 19.9 Å².